The number of rotatable bonds is 10. The minimum atomic E-state index is -2.95. The Morgan fingerprint density at radius 3 is 2.34 bits per heavy atom. The highest BCUT2D eigenvalue weighted by atomic mass is 19.3. The molecule has 0 fully saturated rings. The molecule has 0 bridgehead atoms. The van der Waals surface area contributed by atoms with Gasteiger partial charge in [-0.25, -0.2) is 4.39 Å². The number of carbonyl (C=O) groups excluding carboxylic acids is 1. The fourth-order valence-electron chi connectivity index (χ4n) is 2.89. The Hall–Kier alpha value is -2.74. The SMILES string of the molecule is COc1cc(CNC(=O)CN[C@@H](c2ccc(F)cc2)C(C)C)ccc1OC(F)F. The number of halogens is 3. The van der Waals surface area contributed by atoms with Crippen LogP contribution in [0.4, 0.5) is 13.2 Å². The molecule has 0 aliphatic rings. The average Bonchev–Trinajstić information content (AvgIpc) is 2.68. The Kier molecular flexibility index (Phi) is 8.33. The van der Waals surface area contributed by atoms with Crippen LogP contribution >= 0.6 is 0 Å². The third kappa shape index (κ3) is 6.98. The van der Waals surface area contributed by atoms with E-state index in [1.807, 2.05) is 13.8 Å². The molecular weight excluding hydrogens is 385 g/mol. The molecule has 0 saturated carbocycles. The number of hydrogen-bond donors (Lipinski definition) is 2. The Bertz CT molecular complexity index is 798. The highest BCUT2D eigenvalue weighted by Gasteiger charge is 2.17. The number of ether oxygens (including phenoxy) is 2. The van der Waals surface area contributed by atoms with E-state index in [0.717, 1.165) is 5.56 Å². The van der Waals surface area contributed by atoms with Crippen molar-refractivity contribution in [2.75, 3.05) is 13.7 Å². The Balaban J connectivity index is 1.91. The number of alkyl halides is 2. The fourth-order valence-corrected chi connectivity index (χ4v) is 2.89. The maximum Gasteiger partial charge on any atom is 0.387 e. The van der Waals surface area contributed by atoms with E-state index in [2.05, 4.69) is 15.4 Å². The summed E-state index contributed by atoms with van der Waals surface area (Å²) in [6, 6.07) is 10.5. The molecule has 0 heterocycles. The summed E-state index contributed by atoms with van der Waals surface area (Å²) >= 11 is 0. The van der Waals surface area contributed by atoms with E-state index >= 15 is 0 Å². The van der Waals surface area contributed by atoms with Gasteiger partial charge in [0.2, 0.25) is 5.91 Å². The Morgan fingerprint density at radius 2 is 1.76 bits per heavy atom. The van der Waals surface area contributed by atoms with Crippen molar-refractivity contribution in [2.45, 2.75) is 33.0 Å². The molecule has 0 saturated heterocycles. The van der Waals surface area contributed by atoms with Crippen LogP contribution in [-0.4, -0.2) is 26.2 Å². The van der Waals surface area contributed by atoms with E-state index in [4.69, 9.17) is 4.74 Å². The van der Waals surface area contributed by atoms with Gasteiger partial charge in [0, 0.05) is 12.6 Å². The standard InChI is InChI=1S/C21H25F3N2O3/c1-13(2)20(15-5-7-16(22)8-6-15)26-12-19(27)25-11-14-4-9-17(29-21(23)24)18(10-14)28-3/h4-10,13,20-21,26H,11-12H2,1-3H3,(H,25,27)/t20-/m1/s1. The number of amides is 1. The van der Waals surface area contributed by atoms with E-state index < -0.39 is 6.61 Å². The fraction of sp³-hybridized carbons (Fsp3) is 0.381. The molecular formula is C21H25F3N2O3. The first-order chi connectivity index (χ1) is 13.8. The summed E-state index contributed by atoms with van der Waals surface area (Å²) in [5.74, 6) is -0.261. The molecule has 29 heavy (non-hydrogen) atoms. The second kappa shape index (κ2) is 10.7. The van der Waals surface area contributed by atoms with Gasteiger partial charge < -0.3 is 20.1 Å². The molecule has 2 aromatic rings. The molecule has 0 aliphatic heterocycles. The number of methoxy groups -OCH3 is 1. The van der Waals surface area contributed by atoms with Crippen molar-refractivity contribution in [3.8, 4) is 11.5 Å². The maximum atomic E-state index is 13.1. The smallest absolute Gasteiger partial charge is 0.387 e. The van der Waals surface area contributed by atoms with Crippen LogP contribution in [0.25, 0.3) is 0 Å². The molecule has 8 heteroatoms. The van der Waals surface area contributed by atoms with Crippen molar-refractivity contribution >= 4 is 5.91 Å². The minimum Gasteiger partial charge on any atom is -0.493 e. The predicted molar refractivity (Wildman–Crippen MR) is 103 cm³/mol. The van der Waals surface area contributed by atoms with Crippen molar-refractivity contribution in [1.29, 1.82) is 0 Å². The van der Waals surface area contributed by atoms with Gasteiger partial charge in [-0.15, -0.1) is 0 Å². The summed E-state index contributed by atoms with van der Waals surface area (Å²) in [4.78, 5) is 12.2. The van der Waals surface area contributed by atoms with Gasteiger partial charge in [-0.3, -0.25) is 4.79 Å². The molecule has 0 spiro atoms. The Morgan fingerprint density at radius 1 is 1.07 bits per heavy atom. The average molecular weight is 410 g/mol. The molecule has 2 N–H and O–H groups in total. The maximum absolute atomic E-state index is 13.1. The van der Waals surface area contributed by atoms with Gasteiger partial charge in [-0.2, -0.15) is 8.78 Å². The van der Waals surface area contributed by atoms with Crippen LogP contribution in [0.2, 0.25) is 0 Å². The number of benzene rings is 2. The second-order valence-corrected chi connectivity index (χ2v) is 6.79. The molecule has 0 unspecified atom stereocenters. The van der Waals surface area contributed by atoms with Gasteiger partial charge in [-0.05, 0) is 41.3 Å². The van der Waals surface area contributed by atoms with Gasteiger partial charge in [0.25, 0.3) is 0 Å². The van der Waals surface area contributed by atoms with Crippen molar-refractivity contribution in [1.82, 2.24) is 10.6 Å². The van der Waals surface area contributed by atoms with Crippen molar-refractivity contribution in [2.24, 2.45) is 5.92 Å². The largest absolute Gasteiger partial charge is 0.493 e. The molecule has 5 nitrogen and oxygen atoms in total. The third-order valence-electron chi connectivity index (χ3n) is 4.31. The molecule has 0 aliphatic carbocycles. The summed E-state index contributed by atoms with van der Waals surface area (Å²) in [5, 5.41) is 5.94. The lowest BCUT2D eigenvalue weighted by molar-refractivity contribution is -0.120. The molecule has 0 radical (unpaired) electrons. The van der Waals surface area contributed by atoms with Crippen molar-refractivity contribution < 1.29 is 27.4 Å². The molecule has 2 rings (SSSR count). The summed E-state index contributed by atoms with van der Waals surface area (Å²) in [6.07, 6.45) is 0. The first-order valence-corrected chi connectivity index (χ1v) is 9.17. The van der Waals surface area contributed by atoms with Gasteiger partial charge >= 0.3 is 6.61 Å². The first kappa shape index (κ1) is 22.5. The first-order valence-electron chi connectivity index (χ1n) is 9.17. The van der Waals surface area contributed by atoms with Crippen LogP contribution in [-0.2, 0) is 11.3 Å². The summed E-state index contributed by atoms with van der Waals surface area (Å²) in [5.41, 5.74) is 1.57. The highest BCUT2D eigenvalue weighted by Crippen LogP contribution is 2.29. The van der Waals surface area contributed by atoms with E-state index in [1.54, 1.807) is 18.2 Å². The van der Waals surface area contributed by atoms with E-state index in [1.165, 1.54) is 31.4 Å². The van der Waals surface area contributed by atoms with Crippen LogP contribution < -0.4 is 20.1 Å². The number of nitrogens with one attached hydrogen (secondary N) is 2. The molecule has 2 aromatic carbocycles. The number of carbonyl (C=O) groups is 1. The van der Waals surface area contributed by atoms with Crippen LogP contribution in [0.5, 0.6) is 11.5 Å². The van der Waals surface area contributed by atoms with Gasteiger partial charge in [0.05, 0.1) is 13.7 Å². The van der Waals surface area contributed by atoms with Crippen LogP contribution in [0, 0.1) is 11.7 Å². The third-order valence-corrected chi connectivity index (χ3v) is 4.31. The van der Waals surface area contributed by atoms with Gasteiger partial charge in [-0.1, -0.05) is 32.0 Å². The molecule has 1 amide bonds. The zero-order valence-corrected chi connectivity index (χ0v) is 16.5. The normalized spacial score (nSPS) is 12.1. The van der Waals surface area contributed by atoms with Gasteiger partial charge in [0.1, 0.15) is 5.82 Å². The molecule has 1 atom stereocenters. The van der Waals surface area contributed by atoms with E-state index in [9.17, 15) is 18.0 Å². The monoisotopic (exact) mass is 410 g/mol. The van der Waals surface area contributed by atoms with Crippen LogP contribution in [0.3, 0.4) is 0 Å². The summed E-state index contributed by atoms with van der Waals surface area (Å²) in [7, 11) is 1.35. The predicted octanol–water partition coefficient (Wildman–Crippen LogP) is 4.04. The lowest BCUT2D eigenvalue weighted by atomic mass is 9.96. The lowest BCUT2D eigenvalue weighted by Crippen LogP contribution is -2.37. The molecule has 0 aromatic heterocycles. The molecule has 158 valence electrons. The second-order valence-electron chi connectivity index (χ2n) is 6.79. The van der Waals surface area contributed by atoms with Crippen molar-refractivity contribution in [3.05, 3.63) is 59.4 Å². The minimum absolute atomic E-state index is 0.0710. The quantitative estimate of drug-likeness (QED) is 0.621. The van der Waals surface area contributed by atoms with E-state index in [0.29, 0.717) is 5.56 Å². The van der Waals surface area contributed by atoms with Crippen molar-refractivity contribution in [3.63, 3.8) is 0 Å². The highest BCUT2D eigenvalue weighted by molar-refractivity contribution is 5.78. The Labute approximate surface area is 168 Å². The van der Waals surface area contributed by atoms with E-state index in [-0.39, 0.29) is 48.3 Å². The number of hydrogen-bond acceptors (Lipinski definition) is 4. The topological polar surface area (TPSA) is 59.6 Å². The van der Waals surface area contributed by atoms with Crippen LogP contribution in [0.1, 0.15) is 31.0 Å². The zero-order chi connectivity index (χ0) is 21.4. The lowest BCUT2D eigenvalue weighted by Gasteiger charge is -2.23. The van der Waals surface area contributed by atoms with Crippen LogP contribution in [0.15, 0.2) is 42.5 Å². The zero-order valence-electron chi connectivity index (χ0n) is 16.5. The summed E-state index contributed by atoms with van der Waals surface area (Å²) in [6.45, 7) is 1.34. The van der Waals surface area contributed by atoms with Gasteiger partial charge in [0.15, 0.2) is 11.5 Å². The summed E-state index contributed by atoms with van der Waals surface area (Å²) < 4.78 is 47.3.